The molecule has 1 saturated heterocycles. The molecule has 0 unspecified atom stereocenters. The number of piperidine rings is 1. The highest BCUT2D eigenvalue weighted by Crippen LogP contribution is 2.24. The molecule has 1 aliphatic rings. The molecule has 2 heterocycles. The van der Waals surface area contributed by atoms with Crippen LogP contribution in [0.4, 0.5) is 8.78 Å². The van der Waals surface area contributed by atoms with Crippen LogP contribution in [0.3, 0.4) is 0 Å². The molecule has 0 bridgehead atoms. The number of pyridine rings is 1. The van der Waals surface area contributed by atoms with Crippen molar-refractivity contribution in [3.63, 3.8) is 0 Å². The number of hydrogen-bond acceptors (Lipinski definition) is 3. The van der Waals surface area contributed by atoms with Crippen LogP contribution in [0.1, 0.15) is 52.8 Å². The first-order valence-electron chi connectivity index (χ1n) is 11.4. The maximum absolute atomic E-state index is 13.9. The minimum atomic E-state index is -0.815. The predicted molar refractivity (Wildman–Crippen MR) is 123 cm³/mol. The van der Waals surface area contributed by atoms with Gasteiger partial charge in [0.15, 0.2) is 0 Å². The molecule has 4 rings (SSSR count). The molecule has 2 amide bonds. The number of carbonyl (C=O) groups is 2. The fourth-order valence-corrected chi connectivity index (χ4v) is 4.35. The number of hydrogen-bond donors (Lipinski definition) is 1. The van der Waals surface area contributed by atoms with Gasteiger partial charge in [0.1, 0.15) is 11.6 Å². The van der Waals surface area contributed by atoms with Crippen LogP contribution >= 0.6 is 0 Å². The van der Waals surface area contributed by atoms with E-state index in [0.717, 1.165) is 55.0 Å². The molecular weight excluding hydrogens is 424 g/mol. The second-order valence-electron chi connectivity index (χ2n) is 8.55. The largest absolute Gasteiger partial charge is 0.352 e. The molecule has 3 aromatic rings. The van der Waals surface area contributed by atoms with Gasteiger partial charge in [0.05, 0.1) is 5.56 Å². The summed E-state index contributed by atoms with van der Waals surface area (Å²) in [6, 6.07) is 10.6. The minimum absolute atomic E-state index is 0.0757. The summed E-state index contributed by atoms with van der Waals surface area (Å²) >= 11 is 0. The van der Waals surface area contributed by atoms with Crippen LogP contribution in [0.15, 0.2) is 54.9 Å². The minimum Gasteiger partial charge on any atom is -0.352 e. The van der Waals surface area contributed by atoms with Crippen LogP contribution in [0, 0.1) is 17.6 Å². The van der Waals surface area contributed by atoms with E-state index in [2.05, 4.69) is 10.3 Å². The monoisotopic (exact) mass is 451 g/mol. The third-order valence-electron chi connectivity index (χ3n) is 6.29. The van der Waals surface area contributed by atoms with E-state index in [1.54, 1.807) is 17.3 Å². The zero-order valence-corrected chi connectivity index (χ0v) is 18.4. The van der Waals surface area contributed by atoms with Crippen molar-refractivity contribution in [3.8, 4) is 0 Å². The Kier molecular flexibility index (Phi) is 7.27. The van der Waals surface area contributed by atoms with Crippen molar-refractivity contribution in [3.05, 3.63) is 77.6 Å². The zero-order chi connectivity index (χ0) is 23.2. The van der Waals surface area contributed by atoms with E-state index in [-0.39, 0.29) is 17.4 Å². The Morgan fingerprint density at radius 3 is 2.61 bits per heavy atom. The predicted octanol–water partition coefficient (Wildman–Crippen LogP) is 4.97. The van der Waals surface area contributed by atoms with E-state index in [1.807, 2.05) is 24.3 Å². The molecule has 0 aliphatic carbocycles. The fraction of sp³-hybridized carbons (Fsp3) is 0.346. The molecular formula is C26H27F2N3O2. The smallest absolute Gasteiger partial charge is 0.256 e. The number of carbonyl (C=O) groups excluding carboxylic acids is 2. The fourth-order valence-electron chi connectivity index (χ4n) is 4.35. The van der Waals surface area contributed by atoms with Crippen LogP contribution in [0.25, 0.3) is 10.8 Å². The highest BCUT2D eigenvalue weighted by Gasteiger charge is 2.25. The van der Waals surface area contributed by atoms with Crippen molar-refractivity contribution in [2.45, 2.75) is 32.1 Å². The number of nitrogens with one attached hydrogen (secondary N) is 1. The van der Waals surface area contributed by atoms with Crippen LogP contribution < -0.4 is 5.32 Å². The molecule has 0 spiro atoms. The molecule has 0 atom stereocenters. The first-order valence-corrected chi connectivity index (χ1v) is 11.4. The van der Waals surface area contributed by atoms with Gasteiger partial charge in [-0.1, -0.05) is 18.9 Å². The van der Waals surface area contributed by atoms with Gasteiger partial charge in [0, 0.05) is 49.0 Å². The average Bonchev–Trinajstić information content (AvgIpc) is 2.83. The second-order valence-corrected chi connectivity index (χ2v) is 8.55. The van der Waals surface area contributed by atoms with Crippen molar-refractivity contribution in [1.82, 2.24) is 15.2 Å². The third-order valence-corrected chi connectivity index (χ3v) is 6.29. The first kappa shape index (κ1) is 22.8. The topological polar surface area (TPSA) is 62.3 Å². The molecule has 1 aromatic heterocycles. The number of benzene rings is 2. The molecule has 33 heavy (non-hydrogen) atoms. The Labute approximate surface area is 191 Å². The van der Waals surface area contributed by atoms with Gasteiger partial charge in [-0.15, -0.1) is 0 Å². The summed E-state index contributed by atoms with van der Waals surface area (Å²) in [6.07, 6.45) is 8.13. The van der Waals surface area contributed by atoms with Crippen LogP contribution in [0.5, 0.6) is 0 Å². The SMILES string of the molecule is O=C(NCCCCC1CCN(C(=O)c2ccc(F)cc2F)CC1)c1ccc2ccncc2c1. The van der Waals surface area contributed by atoms with E-state index < -0.39 is 11.6 Å². The number of rotatable bonds is 7. The van der Waals surface area contributed by atoms with Gasteiger partial charge in [-0.2, -0.15) is 0 Å². The van der Waals surface area contributed by atoms with Gasteiger partial charge in [-0.25, -0.2) is 8.78 Å². The molecule has 172 valence electrons. The van der Waals surface area contributed by atoms with Crippen molar-refractivity contribution in [2.75, 3.05) is 19.6 Å². The molecule has 7 heteroatoms. The van der Waals surface area contributed by atoms with E-state index in [1.165, 1.54) is 6.07 Å². The van der Waals surface area contributed by atoms with Crippen molar-refractivity contribution in [1.29, 1.82) is 0 Å². The van der Waals surface area contributed by atoms with Gasteiger partial charge in [0.2, 0.25) is 0 Å². The Bertz CT molecular complexity index is 1140. The molecule has 5 nitrogen and oxygen atoms in total. The number of fused-ring (bicyclic) bond motifs is 1. The lowest BCUT2D eigenvalue weighted by atomic mass is 9.91. The lowest BCUT2D eigenvalue weighted by Crippen LogP contribution is -2.38. The highest BCUT2D eigenvalue weighted by atomic mass is 19.1. The number of aromatic nitrogens is 1. The summed E-state index contributed by atoms with van der Waals surface area (Å²) in [5.41, 5.74) is 0.554. The lowest BCUT2D eigenvalue weighted by Gasteiger charge is -2.32. The van der Waals surface area contributed by atoms with E-state index in [4.69, 9.17) is 0 Å². The number of amides is 2. The molecule has 0 saturated carbocycles. The maximum atomic E-state index is 13.9. The van der Waals surface area contributed by atoms with E-state index in [0.29, 0.717) is 31.1 Å². The zero-order valence-electron chi connectivity index (χ0n) is 18.4. The Morgan fingerprint density at radius 1 is 1.00 bits per heavy atom. The van der Waals surface area contributed by atoms with Crippen molar-refractivity contribution < 1.29 is 18.4 Å². The lowest BCUT2D eigenvalue weighted by molar-refractivity contribution is 0.0681. The number of nitrogens with zero attached hydrogens (tertiary/aromatic N) is 2. The van der Waals surface area contributed by atoms with Crippen LogP contribution in [0.2, 0.25) is 0 Å². The van der Waals surface area contributed by atoms with Gasteiger partial charge in [-0.05, 0) is 60.9 Å². The number of halogens is 2. The Morgan fingerprint density at radius 2 is 1.82 bits per heavy atom. The van der Waals surface area contributed by atoms with Gasteiger partial charge >= 0.3 is 0 Å². The standard InChI is InChI=1S/C26H27F2N3O2/c27-22-6-7-23(24(28)16-22)26(33)31-13-9-18(10-14-31)3-1-2-11-30-25(32)20-5-4-19-8-12-29-17-21(19)15-20/h4-8,12,15-18H,1-3,9-11,13-14H2,(H,30,32). The molecule has 0 radical (unpaired) electrons. The van der Waals surface area contributed by atoms with Crippen molar-refractivity contribution >= 4 is 22.6 Å². The first-order chi connectivity index (χ1) is 16.0. The molecule has 2 aromatic carbocycles. The molecule has 1 N–H and O–H groups in total. The maximum Gasteiger partial charge on any atom is 0.256 e. The average molecular weight is 452 g/mol. The summed E-state index contributed by atoms with van der Waals surface area (Å²) < 4.78 is 27.0. The molecule has 1 aliphatic heterocycles. The second kappa shape index (κ2) is 10.5. The van der Waals surface area contributed by atoms with Gasteiger partial charge in [0.25, 0.3) is 11.8 Å². The summed E-state index contributed by atoms with van der Waals surface area (Å²) in [7, 11) is 0. The van der Waals surface area contributed by atoms with Crippen LogP contribution in [-0.4, -0.2) is 41.3 Å². The highest BCUT2D eigenvalue weighted by molar-refractivity contribution is 5.98. The number of unbranched alkanes of at least 4 members (excludes halogenated alkanes) is 1. The van der Waals surface area contributed by atoms with E-state index >= 15 is 0 Å². The summed E-state index contributed by atoms with van der Waals surface area (Å²) in [6.45, 7) is 1.77. The van der Waals surface area contributed by atoms with Gasteiger partial charge < -0.3 is 10.2 Å². The van der Waals surface area contributed by atoms with Crippen molar-refractivity contribution in [2.24, 2.45) is 5.92 Å². The number of likely N-dealkylation sites (tertiary alicyclic amines) is 1. The van der Waals surface area contributed by atoms with Gasteiger partial charge in [-0.3, -0.25) is 14.6 Å². The Balaban J connectivity index is 1.15. The summed E-state index contributed by atoms with van der Waals surface area (Å²) in [5, 5.41) is 4.97. The quantitative estimate of drug-likeness (QED) is 0.516. The van der Waals surface area contributed by atoms with Crippen LogP contribution in [-0.2, 0) is 0 Å². The summed E-state index contributed by atoms with van der Waals surface area (Å²) in [4.78, 5) is 30.6. The molecule has 1 fully saturated rings. The van der Waals surface area contributed by atoms with E-state index in [9.17, 15) is 18.4 Å². The summed E-state index contributed by atoms with van der Waals surface area (Å²) in [5.74, 6) is -1.45. The Hall–Kier alpha value is -3.35. The normalized spacial score (nSPS) is 14.4. The third kappa shape index (κ3) is 5.72.